The predicted octanol–water partition coefficient (Wildman–Crippen LogP) is 0.963. The van der Waals surface area contributed by atoms with Gasteiger partial charge in [0.25, 0.3) is 0 Å². The highest BCUT2D eigenvalue weighted by Gasteiger charge is 2.91. The van der Waals surface area contributed by atoms with Crippen LogP contribution in [0.15, 0.2) is 30.3 Å². The number of benzene rings is 1. The van der Waals surface area contributed by atoms with Crippen LogP contribution in [0, 0.1) is 34.5 Å². The number of Topliss-reactive ketones (excluding diaryl/α,β-unsaturated/α-hetero) is 1. The summed E-state index contributed by atoms with van der Waals surface area (Å²) in [6.45, 7) is 11.5. The van der Waals surface area contributed by atoms with Gasteiger partial charge in [0.2, 0.25) is 0 Å². The number of fused-ring (bicyclic) bond motifs is 2. The van der Waals surface area contributed by atoms with Crippen LogP contribution in [0.5, 0.6) is 0 Å². The Bertz CT molecular complexity index is 2420. The third-order valence-corrected chi connectivity index (χ3v) is 21.0. The van der Waals surface area contributed by atoms with Crippen molar-refractivity contribution >= 4 is 17.7 Å². The first-order valence-electron chi connectivity index (χ1n) is 29.7. The standard InChI is InChI=1S/C59H88O24/c1-10-26(2)51(69)78-48-49-56(6)19-17-32(22-31(56)16-20-58(49)59(83-58)21-18-33(27(3)62)57(59,7)50(48)82-52(70)30-14-12-11-13-15-30)75-37-23-34(71-8)44(28(4)73-37)79-55-43(68)47(72-9)45(29(5)74-55)80-54-42(67)40(65)46(36(25-61)77-54)81-53-41(66)39(64)38(63)35(24-60)76-53/h11-15,26,28-29,31-50,53-55,60-61,63-68H,10,16-25H2,1-9H3. The van der Waals surface area contributed by atoms with E-state index in [0.717, 1.165) is 6.42 Å². The average Bonchev–Trinajstić information content (AvgIpc) is 1.46. The van der Waals surface area contributed by atoms with E-state index in [0.29, 0.717) is 50.5 Å². The van der Waals surface area contributed by atoms with Crippen molar-refractivity contribution in [2.75, 3.05) is 27.4 Å². The van der Waals surface area contributed by atoms with E-state index < -0.39 is 182 Å². The molecule has 468 valence electrons. The molecule has 5 saturated heterocycles. The Labute approximate surface area is 483 Å². The number of hydrogen-bond donors (Lipinski definition) is 8. The molecule has 1 aromatic carbocycles. The molecule has 30 unspecified atom stereocenters. The molecule has 9 fully saturated rings. The molecule has 0 aromatic heterocycles. The van der Waals surface area contributed by atoms with Gasteiger partial charge in [0.15, 0.2) is 25.2 Å². The summed E-state index contributed by atoms with van der Waals surface area (Å²) in [7, 11) is 2.88. The lowest BCUT2D eigenvalue weighted by Crippen LogP contribution is -2.71. The predicted molar refractivity (Wildman–Crippen MR) is 283 cm³/mol. The number of methoxy groups -OCH3 is 2. The smallest absolute Gasteiger partial charge is 0.338 e. The molecule has 30 atom stereocenters. The Balaban J connectivity index is 0.792. The van der Waals surface area contributed by atoms with Crippen molar-refractivity contribution in [2.45, 2.75) is 252 Å². The average molecular weight is 1180 g/mol. The molecule has 24 nitrogen and oxygen atoms in total. The van der Waals surface area contributed by atoms with Gasteiger partial charge >= 0.3 is 11.9 Å². The maximum absolute atomic E-state index is 14.2. The first kappa shape index (κ1) is 63.1. The summed E-state index contributed by atoms with van der Waals surface area (Å²) in [4.78, 5) is 42.1. The van der Waals surface area contributed by atoms with E-state index in [4.69, 9.17) is 61.6 Å². The van der Waals surface area contributed by atoms with Gasteiger partial charge in [0.1, 0.15) is 102 Å². The summed E-state index contributed by atoms with van der Waals surface area (Å²) >= 11 is 0. The van der Waals surface area contributed by atoms with Crippen LogP contribution in [-0.2, 0) is 71.2 Å². The van der Waals surface area contributed by atoms with Crippen molar-refractivity contribution in [3.8, 4) is 0 Å². The number of epoxide rings is 1. The van der Waals surface area contributed by atoms with Gasteiger partial charge in [-0.15, -0.1) is 0 Å². The quantitative estimate of drug-likeness (QED) is 0.0577. The van der Waals surface area contributed by atoms with Crippen molar-refractivity contribution < 1.29 is 117 Å². The van der Waals surface area contributed by atoms with Gasteiger partial charge < -0.3 is 102 Å². The van der Waals surface area contributed by atoms with E-state index in [1.165, 1.54) is 7.11 Å². The summed E-state index contributed by atoms with van der Waals surface area (Å²) in [6, 6.07) is 8.74. The minimum Gasteiger partial charge on any atom is -0.458 e. The topological polar surface area (TPSA) is 336 Å². The van der Waals surface area contributed by atoms with Crippen molar-refractivity contribution in [1.82, 2.24) is 0 Å². The number of carbonyl (C=O) groups is 3. The van der Waals surface area contributed by atoms with E-state index in [-0.39, 0.29) is 36.1 Å². The highest BCUT2D eigenvalue weighted by Crippen LogP contribution is 2.81. The molecule has 4 aliphatic carbocycles. The van der Waals surface area contributed by atoms with Crippen LogP contribution < -0.4 is 0 Å². The monoisotopic (exact) mass is 1180 g/mol. The zero-order valence-electron chi connectivity index (χ0n) is 48.8. The van der Waals surface area contributed by atoms with Crippen molar-refractivity contribution in [3.05, 3.63) is 35.9 Å². The fourth-order valence-electron chi connectivity index (χ4n) is 16.3. The van der Waals surface area contributed by atoms with Crippen molar-refractivity contribution in [3.63, 3.8) is 0 Å². The number of aliphatic hydroxyl groups is 8. The van der Waals surface area contributed by atoms with Crippen LogP contribution in [0.25, 0.3) is 0 Å². The number of ether oxygens (including phenoxy) is 13. The first-order valence-corrected chi connectivity index (χ1v) is 29.7. The lowest BCUT2D eigenvalue weighted by Gasteiger charge is -2.61. The zero-order chi connectivity index (χ0) is 59.8. The summed E-state index contributed by atoms with van der Waals surface area (Å²) < 4.78 is 81.7. The Morgan fingerprint density at radius 2 is 1.30 bits per heavy atom. The molecular formula is C59H88O24. The number of rotatable bonds is 18. The molecule has 0 bridgehead atoms. The van der Waals surface area contributed by atoms with Crippen LogP contribution in [-0.4, -0.2) is 232 Å². The van der Waals surface area contributed by atoms with Gasteiger partial charge in [-0.05, 0) is 95.6 Å². The fourth-order valence-corrected chi connectivity index (χ4v) is 16.3. The van der Waals surface area contributed by atoms with Crippen molar-refractivity contribution in [1.29, 1.82) is 0 Å². The highest BCUT2D eigenvalue weighted by atomic mass is 16.8. The van der Waals surface area contributed by atoms with E-state index in [9.17, 15) is 55.2 Å². The Morgan fingerprint density at radius 3 is 1.95 bits per heavy atom. The minimum absolute atomic E-state index is 0.0134. The van der Waals surface area contributed by atoms with E-state index in [2.05, 4.69) is 6.92 Å². The van der Waals surface area contributed by atoms with E-state index in [1.54, 1.807) is 45.2 Å². The number of esters is 2. The molecule has 5 aliphatic heterocycles. The highest BCUT2D eigenvalue weighted by molar-refractivity contribution is 5.89. The lowest BCUT2D eigenvalue weighted by molar-refractivity contribution is -0.384. The second kappa shape index (κ2) is 24.6. The number of carbonyl (C=O) groups excluding carboxylic acids is 3. The van der Waals surface area contributed by atoms with Crippen molar-refractivity contribution in [2.24, 2.45) is 34.5 Å². The maximum atomic E-state index is 14.2. The molecule has 24 heteroatoms. The van der Waals surface area contributed by atoms with Crippen LogP contribution in [0.3, 0.4) is 0 Å². The maximum Gasteiger partial charge on any atom is 0.338 e. The minimum atomic E-state index is -1.86. The molecule has 83 heavy (non-hydrogen) atoms. The van der Waals surface area contributed by atoms with Gasteiger partial charge in [-0.25, -0.2) is 4.79 Å². The molecular weight excluding hydrogens is 1090 g/mol. The second-order valence-electron chi connectivity index (χ2n) is 25.3. The first-order chi connectivity index (χ1) is 39.5. The van der Waals surface area contributed by atoms with Crippen LogP contribution >= 0.6 is 0 Å². The largest absolute Gasteiger partial charge is 0.458 e. The van der Waals surface area contributed by atoms with Crippen LogP contribution in [0.1, 0.15) is 117 Å². The van der Waals surface area contributed by atoms with Crippen LogP contribution in [0.4, 0.5) is 0 Å². The second-order valence-corrected chi connectivity index (χ2v) is 25.3. The summed E-state index contributed by atoms with van der Waals surface area (Å²) in [5.41, 5.74) is -2.55. The summed E-state index contributed by atoms with van der Waals surface area (Å²) in [6.07, 6.45) is -22.2. The molecule has 4 saturated carbocycles. The zero-order valence-corrected chi connectivity index (χ0v) is 48.8. The normalized spacial score (nSPS) is 49.7. The summed E-state index contributed by atoms with van der Waals surface area (Å²) in [5, 5.41) is 85.3. The number of hydrogen-bond acceptors (Lipinski definition) is 24. The molecule has 10 rings (SSSR count). The molecule has 2 spiro atoms. The fraction of sp³-hybridized carbons (Fsp3) is 0.847. The molecule has 0 radical (unpaired) electrons. The SMILES string of the molecule is CCC(C)C(=O)OC1C2C3(C)CCC(OC4CC(OC)C(OC5OC(C)C(OC6OC(CO)C(OC7OC(CO)C(O)C(O)C7O)C(O)C6O)C(OC)C5O)C(C)O4)CC3CCC23OC32CCC(C(C)=O)C2(C)C1OC(=O)c1ccccc1. The van der Waals surface area contributed by atoms with Crippen LogP contribution in [0.2, 0.25) is 0 Å². The molecule has 1 aromatic rings. The Kier molecular flexibility index (Phi) is 18.7. The number of ketones is 1. The van der Waals surface area contributed by atoms with Gasteiger partial charge in [0, 0.05) is 37.9 Å². The lowest BCUT2D eigenvalue weighted by atomic mass is 9.43. The van der Waals surface area contributed by atoms with Gasteiger partial charge in [-0.1, -0.05) is 45.9 Å². The molecule has 0 amide bonds. The number of aliphatic hydroxyl groups excluding tert-OH is 8. The van der Waals surface area contributed by atoms with Gasteiger partial charge in [-0.2, -0.15) is 0 Å². The molecule has 8 N–H and O–H groups in total. The molecule has 9 aliphatic rings. The van der Waals surface area contributed by atoms with E-state index >= 15 is 0 Å². The van der Waals surface area contributed by atoms with Gasteiger partial charge in [0.05, 0.1) is 49.1 Å². The Morgan fingerprint density at radius 1 is 0.663 bits per heavy atom. The summed E-state index contributed by atoms with van der Waals surface area (Å²) in [5.74, 6) is -2.14. The van der Waals surface area contributed by atoms with Gasteiger partial charge in [-0.3, -0.25) is 9.59 Å². The Hall–Kier alpha value is -2.93. The molecule has 5 heterocycles. The van der Waals surface area contributed by atoms with E-state index in [1.807, 2.05) is 33.8 Å². The third-order valence-electron chi connectivity index (χ3n) is 21.0. The third kappa shape index (κ3) is 10.7.